The number of H-pyrrole nitrogens is 2. The van der Waals surface area contributed by atoms with Crippen molar-refractivity contribution in [3.8, 4) is 22.6 Å². The number of nitrogens with zero attached hydrogens (tertiary/aromatic N) is 1. The van der Waals surface area contributed by atoms with E-state index < -0.39 is 0 Å². The van der Waals surface area contributed by atoms with Gasteiger partial charge in [0.25, 0.3) is 5.56 Å². The molecule has 0 bridgehead atoms. The molecule has 2 aliphatic rings. The van der Waals surface area contributed by atoms with E-state index >= 15 is 0 Å². The number of ether oxygens (including phenoxy) is 2. The zero-order valence-corrected chi connectivity index (χ0v) is 19.9. The minimum Gasteiger partial charge on any atom is -0.486 e. The average molecular weight is 486 g/mol. The second kappa shape index (κ2) is 8.33. The number of rotatable bonds is 2. The molecule has 5 aromatic rings. The van der Waals surface area contributed by atoms with E-state index in [4.69, 9.17) is 13.9 Å². The smallest absolute Gasteiger partial charge is 0.274 e. The number of hydrogen-bond acceptors (Lipinski definition) is 5. The largest absolute Gasteiger partial charge is 0.486 e. The minimum atomic E-state index is -0.167. The van der Waals surface area contributed by atoms with Crippen molar-refractivity contribution in [2.45, 2.75) is 51.0 Å². The second-order valence-electron chi connectivity index (χ2n) is 9.86. The Bertz CT molecular complexity index is 1730. The molecular formula is C28H27N3O5. The Morgan fingerprint density at radius 3 is 2.47 bits per heavy atom. The van der Waals surface area contributed by atoms with Crippen LogP contribution >= 0.6 is 0 Å². The first-order valence-corrected chi connectivity index (χ1v) is 12.8. The molecule has 7 rings (SSSR count). The molecule has 0 saturated heterocycles. The molecule has 0 unspecified atom stereocenters. The SMILES string of the molecule is O=c1ccc2c(c1)oc1c(-c3ccc4c(c3)OCCO4)c3c(=O)[nH]n(C4CCCCCCC4)c3[nH]c12. The van der Waals surface area contributed by atoms with Gasteiger partial charge in [-0.2, -0.15) is 0 Å². The highest BCUT2D eigenvalue weighted by atomic mass is 16.6. The Hall–Kier alpha value is -3.94. The van der Waals surface area contributed by atoms with Crippen molar-refractivity contribution in [3.05, 3.63) is 57.0 Å². The number of nitrogens with one attached hydrogen (secondary N) is 2. The van der Waals surface area contributed by atoms with Crippen LogP contribution in [0.1, 0.15) is 51.0 Å². The second-order valence-corrected chi connectivity index (χ2v) is 9.86. The number of hydrogen-bond donors (Lipinski definition) is 2. The van der Waals surface area contributed by atoms with Crippen LogP contribution in [-0.2, 0) is 0 Å². The molecule has 1 saturated carbocycles. The predicted octanol–water partition coefficient (Wildman–Crippen LogP) is 5.64. The molecule has 4 heterocycles. The highest BCUT2D eigenvalue weighted by molar-refractivity contribution is 6.14. The lowest BCUT2D eigenvalue weighted by atomic mass is 9.96. The molecule has 1 aliphatic carbocycles. The fourth-order valence-electron chi connectivity index (χ4n) is 5.85. The molecule has 1 aliphatic heterocycles. The summed E-state index contributed by atoms with van der Waals surface area (Å²) >= 11 is 0. The van der Waals surface area contributed by atoms with Crippen LogP contribution in [0.25, 0.3) is 44.2 Å². The van der Waals surface area contributed by atoms with Gasteiger partial charge in [0.1, 0.15) is 24.4 Å². The summed E-state index contributed by atoms with van der Waals surface area (Å²) in [6.45, 7) is 0.978. The summed E-state index contributed by atoms with van der Waals surface area (Å²) < 4.78 is 19.8. The lowest BCUT2D eigenvalue weighted by molar-refractivity contribution is 0.171. The standard InChI is InChI=1S/C28H27N3O5/c32-18-9-10-19-21(15-18)36-26-23(16-8-11-20-22(14-16)35-13-12-34-20)24-27(29-25(19)26)31(30-28(24)33)17-6-4-2-1-3-5-7-17/h8-11,14-15,17,29H,1-7,12-13H2,(H,30,33). The van der Waals surface area contributed by atoms with E-state index in [1.807, 2.05) is 22.9 Å². The molecule has 184 valence electrons. The normalized spacial score (nSPS) is 17.0. The highest BCUT2D eigenvalue weighted by Crippen LogP contribution is 2.42. The van der Waals surface area contributed by atoms with E-state index in [-0.39, 0.29) is 17.0 Å². The molecule has 0 amide bonds. The number of pyridine rings is 1. The van der Waals surface area contributed by atoms with E-state index in [9.17, 15) is 9.59 Å². The Morgan fingerprint density at radius 1 is 0.861 bits per heavy atom. The first-order chi connectivity index (χ1) is 17.7. The van der Waals surface area contributed by atoms with Crippen LogP contribution in [0.2, 0.25) is 0 Å². The minimum absolute atomic E-state index is 0.121. The van der Waals surface area contributed by atoms with Crippen LogP contribution in [0, 0.1) is 0 Å². The van der Waals surface area contributed by atoms with Crippen LogP contribution in [-0.4, -0.2) is 28.0 Å². The molecule has 2 aromatic carbocycles. The van der Waals surface area contributed by atoms with E-state index in [0.717, 1.165) is 47.8 Å². The van der Waals surface area contributed by atoms with Gasteiger partial charge in [-0.05, 0) is 42.7 Å². The number of benzene rings is 2. The molecular weight excluding hydrogens is 458 g/mol. The maximum absolute atomic E-state index is 13.5. The van der Waals surface area contributed by atoms with Crippen LogP contribution in [0.3, 0.4) is 0 Å². The van der Waals surface area contributed by atoms with Crippen molar-refractivity contribution < 1.29 is 13.9 Å². The summed E-state index contributed by atoms with van der Waals surface area (Å²) in [6, 6.07) is 10.7. The van der Waals surface area contributed by atoms with Crippen molar-refractivity contribution in [2.24, 2.45) is 0 Å². The maximum atomic E-state index is 13.5. The number of fused-ring (bicyclic) bond motifs is 5. The maximum Gasteiger partial charge on any atom is 0.274 e. The average Bonchev–Trinajstić information content (AvgIpc) is 3.39. The third-order valence-electron chi connectivity index (χ3n) is 7.58. The number of furan rings is 1. The first-order valence-electron chi connectivity index (χ1n) is 12.8. The molecule has 0 atom stereocenters. The van der Waals surface area contributed by atoms with Crippen molar-refractivity contribution in [3.63, 3.8) is 0 Å². The zero-order chi connectivity index (χ0) is 24.2. The predicted molar refractivity (Wildman–Crippen MR) is 138 cm³/mol. The van der Waals surface area contributed by atoms with Crippen molar-refractivity contribution in [2.75, 3.05) is 13.2 Å². The Morgan fingerprint density at radius 2 is 1.64 bits per heavy atom. The van der Waals surface area contributed by atoms with E-state index in [1.54, 1.807) is 6.07 Å². The topological polar surface area (TPSA) is 102 Å². The Balaban J connectivity index is 1.55. The lowest BCUT2D eigenvalue weighted by Gasteiger charge is -2.22. The van der Waals surface area contributed by atoms with Gasteiger partial charge in [-0.1, -0.05) is 38.2 Å². The van der Waals surface area contributed by atoms with E-state index in [2.05, 4.69) is 10.1 Å². The van der Waals surface area contributed by atoms with Gasteiger partial charge in [0, 0.05) is 17.0 Å². The van der Waals surface area contributed by atoms with Gasteiger partial charge in [-0.15, -0.1) is 0 Å². The first kappa shape index (κ1) is 21.4. The summed E-state index contributed by atoms with van der Waals surface area (Å²) in [5.41, 5.74) is 3.74. The quantitative estimate of drug-likeness (QED) is 0.337. The number of aromatic nitrogens is 3. The summed E-state index contributed by atoms with van der Waals surface area (Å²) in [4.78, 5) is 29.1. The van der Waals surface area contributed by atoms with Crippen molar-refractivity contribution >= 4 is 33.1 Å². The van der Waals surface area contributed by atoms with Gasteiger partial charge in [0.15, 0.2) is 22.5 Å². The highest BCUT2D eigenvalue weighted by Gasteiger charge is 2.26. The molecule has 0 radical (unpaired) electrons. The Kier molecular flexibility index (Phi) is 4.94. The number of aromatic amines is 2. The summed E-state index contributed by atoms with van der Waals surface area (Å²) in [5, 5.41) is 4.50. The molecule has 2 N–H and O–H groups in total. The van der Waals surface area contributed by atoms with Crippen LogP contribution in [0.5, 0.6) is 11.5 Å². The van der Waals surface area contributed by atoms with Crippen molar-refractivity contribution in [1.29, 1.82) is 0 Å². The summed E-state index contributed by atoms with van der Waals surface area (Å²) in [7, 11) is 0. The zero-order valence-electron chi connectivity index (χ0n) is 19.9. The third kappa shape index (κ3) is 3.35. The van der Waals surface area contributed by atoms with E-state index in [1.165, 1.54) is 31.4 Å². The molecule has 0 spiro atoms. The van der Waals surface area contributed by atoms with E-state index in [0.29, 0.717) is 46.8 Å². The monoisotopic (exact) mass is 485 g/mol. The van der Waals surface area contributed by atoms with Crippen LogP contribution < -0.4 is 20.5 Å². The molecule has 1 fully saturated rings. The van der Waals surface area contributed by atoms with Gasteiger partial charge < -0.3 is 18.9 Å². The molecule has 8 heteroatoms. The fourth-order valence-corrected chi connectivity index (χ4v) is 5.85. The molecule has 36 heavy (non-hydrogen) atoms. The van der Waals surface area contributed by atoms with Crippen LogP contribution in [0.4, 0.5) is 0 Å². The van der Waals surface area contributed by atoms with Crippen molar-refractivity contribution in [1.82, 2.24) is 14.8 Å². The molecule has 3 aromatic heterocycles. The molecule has 8 nitrogen and oxygen atoms in total. The third-order valence-corrected chi connectivity index (χ3v) is 7.58. The Labute approximate surface area is 205 Å². The lowest BCUT2D eigenvalue weighted by Crippen LogP contribution is -2.15. The van der Waals surface area contributed by atoms with Gasteiger partial charge in [-0.25, -0.2) is 0 Å². The van der Waals surface area contributed by atoms with Gasteiger partial charge >= 0.3 is 0 Å². The fraction of sp³-hybridized carbons (Fsp3) is 0.357. The van der Waals surface area contributed by atoms with Gasteiger partial charge in [0.2, 0.25) is 0 Å². The van der Waals surface area contributed by atoms with Crippen LogP contribution in [0.15, 0.2) is 50.4 Å². The summed E-state index contributed by atoms with van der Waals surface area (Å²) in [6.07, 6.45) is 8.06. The summed E-state index contributed by atoms with van der Waals surface area (Å²) in [5.74, 6) is 1.32. The van der Waals surface area contributed by atoms with Gasteiger partial charge in [0.05, 0.1) is 16.9 Å². The van der Waals surface area contributed by atoms with Gasteiger partial charge in [-0.3, -0.25) is 19.4 Å².